The molecule has 0 aliphatic heterocycles. The van der Waals surface area contributed by atoms with Crippen LogP contribution in [0.3, 0.4) is 0 Å². The first-order chi connectivity index (χ1) is 6.33. The van der Waals surface area contributed by atoms with Gasteiger partial charge in [0, 0.05) is 12.6 Å². The number of benzene rings is 1. The minimum atomic E-state index is 0.0948. The monoisotopic (exact) mass is 178 g/mol. The molecule has 1 atom stereocenters. The van der Waals surface area contributed by atoms with Gasteiger partial charge in [-0.3, -0.25) is 0 Å². The van der Waals surface area contributed by atoms with Gasteiger partial charge in [0.15, 0.2) is 0 Å². The van der Waals surface area contributed by atoms with E-state index >= 15 is 0 Å². The van der Waals surface area contributed by atoms with Crippen LogP contribution in [0.2, 0.25) is 0 Å². The van der Waals surface area contributed by atoms with Crippen molar-refractivity contribution in [3.63, 3.8) is 0 Å². The maximum Gasteiger partial charge on any atom is 0.0203 e. The first-order valence-electron chi connectivity index (χ1n) is 4.32. The summed E-state index contributed by atoms with van der Waals surface area (Å²) in [4.78, 5) is 0. The molecule has 13 heavy (non-hydrogen) atoms. The molecule has 0 aliphatic carbocycles. The first kappa shape index (κ1) is 11.9. The summed E-state index contributed by atoms with van der Waals surface area (Å²) in [6.07, 6.45) is 0.872. The molecular formula is C11H18N2. The Hall–Kier alpha value is -1.12. The molecule has 72 valence electrons. The lowest BCUT2D eigenvalue weighted by Gasteiger charge is -2.07. The lowest BCUT2D eigenvalue weighted by atomic mass is 10.1. The third-order valence-electron chi connectivity index (χ3n) is 1.64. The zero-order valence-corrected chi connectivity index (χ0v) is 7.95. The summed E-state index contributed by atoms with van der Waals surface area (Å²) in [6.45, 7) is 6.55. The molecule has 1 aromatic carbocycles. The summed E-state index contributed by atoms with van der Waals surface area (Å²) in [5.41, 5.74) is 12.3. The van der Waals surface area contributed by atoms with Crippen LogP contribution in [-0.4, -0.2) is 12.6 Å². The van der Waals surface area contributed by atoms with E-state index in [0.29, 0.717) is 6.54 Å². The molecule has 0 heterocycles. The predicted molar refractivity (Wildman–Crippen MR) is 58.4 cm³/mol. The Kier molecular flexibility index (Phi) is 6.88. The van der Waals surface area contributed by atoms with E-state index < -0.39 is 0 Å². The van der Waals surface area contributed by atoms with Crippen LogP contribution in [0.15, 0.2) is 43.5 Å². The summed E-state index contributed by atoms with van der Waals surface area (Å²) in [7, 11) is 0. The smallest absolute Gasteiger partial charge is 0.0203 e. The van der Waals surface area contributed by atoms with Crippen molar-refractivity contribution in [2.24, 2.45) is 11.5 Å². The largest absolute Gasteiger partial charge is 0.329 e. The molecule has 0 aliphatic rings. The van der Waals surface area contributed by atoms with Crippen molar-refractivity contribution in [1.82, 2.24) is 0 Å². The van der Waals surface area contributed by atoms with Crippen LogP contribution in [0.25, 0.3) is 0 Å². The summed E-state index contributed by atoms with van der Waals surface area (Å²) >= 11 is 0. The molecule has 0 fully saturated rings. The number of rotatable bonds is 3. The number of hydrogen-bond donors (Lipinski definition) is 2. The minimum Gasteiger partial charge on any atom is -0.329 e. The van der Waals surface area contributed by atoms with Gasteiger partial charge in [-0.05, 0) is 12.0 Å². The van der Waals surface area contributed by atoms with Crippen molar-refractivity contribution >= 4 is 0 Å². The Labute approximate surface area is 80.3 Å². The van der Waals surface area contributed by atoms with E-state index in [1.165, 1.54) is 5.56 Å². The SMILES string of the molecule is C=C.NCC(N)Cc1ccccc1. The second kappa shape index (κ2) is 7.53. The highest BCUT2D eigenvalue weighted by Crippen LogP contribution is 2.00. The molecule has 1 unspecified atom stereocenters. The standard InChI is InChI=1S/C9H14N2.C2H4/c10-7-9(11)6-8-4-2-1-3-5-8;1-2/h1-5,9H,6-7,10-11H2;1-2H2. The Morgan fingerprint density at radius 2 is 1.69 bits per heavy atom. The van der Waals surface area contributed by atoms with Crippen LogP contribution in [0.1, 0.15) is 5.56 Å². The van der Waals surface area contributed by atoms with E-state index in [0.717, 1.165) is 6.42 Å². The van der Waals surface area contributed by atoms with Gasteiger partial charge in [-0.1, -0.05) is 30.3 Å². The van der Waals surface area contributed by atoms with E-state index in [4.69, 9.17) is 11.5 Å². The van der Waals surface area contributed by atoms with Gasteiger partial charge in [0.2, 0.25) is 0 Å². The summed E-state index contributed by atoms with van der Waals surface area (Å²) in [5.74, 6) is 0. The average Bonchev–Trinajstić information content (AvgIpc) is 2.22. The third kappa shape index (κ3) is 5.17. The molecule has 1 rings (SSSR count). The molecule has 0 bridgehead atoms. The van der Waals surface area contributed by atoms with Gasteiger partial charge in [-0.15, -0.1) is 13.2 Å². The van der Waals surface area contributed by atoms with Crippen LogP contribution < -0.4 is 11.5 Å². The van der Waals surface area contributed by atoms with Gasteiger partial charge in [-0.25, -0.2) is 0 Å². The van der Waals surface area contributed by atoms with Crippen LogP contribution in [0, 0.1) is 0 Å². The van der Waals surface area contributed by atoms with E-state index in [2.05, 4.69) is 25.3 Å². The zero-order valence-electron chi connectivity index (χ0n) is 7.95. The van der Waals surface area contributed by atoms with Gasteiger partial charge in [-0.2, -0.15) is 0 Å². The maximum atomic E-state index is 5.68. The highest BCUT2D eigenvalue weighted by atomic mass is 14.7. The van der Waals surface area contributed by atoms with Crippen molar-refractivity contribution in [3.05, 3.63) is 49.1 Å². The molecule has 0 saturated heterocycles. The number of nitrogens with two attached hydrogens (primary N) is 2. The van der Waals surface area contributed by atoms with Crippen LogP contribution >= 0.6 is 0 Å². The van der Waals surface area contributed by atoms with Crippen molar-refractivity contribution in [2.75, 3.05) is 6.54 Å². The fourth-order valence-electron chi connectivity index (χ4n) is 1.00. The molecule has 1 aromatic rings. The Morgan fingerprint density at radius 3 is 2.15 bits per heavy atom. The molecular weight excluding hydrogens is 160 g/mol. The summed E-state index contributed by atoms with van der Waals surface area (Å²) < 4.78 is 0. The lowest BCUT2D eigenvalue weighted by Crippen LogP contribution is -2.31. The quantitative estimate of drug-likeness (QED) is 0.686. The Bertz CT molecular complexity index is 209. The minimum absolute atomic E-state index is 0.0948. The van der Waals surface area contributed by atoms with Crippen molar-refractivity contribution in [3.8, 4) is 0 Å². The second-order valence-corrected chi connectivity index (χ2v) is 2.69. The van der Waals surface area contributed by atoms with Gasteiger partial charge in [0.05, 0.1) is 0 Å². The lowest BCUT2D eigenvalue weighted by molar-refractivity contribution is 0.678. The zero-order chi connectivity index (χ0) is 10.1. The topological polar surface area (TPSA) is 52.0 Å². The van der Waals surface area contributed by atoms with Crippen molar-refractivity contribution in [1.29, 1.82) is 0 Å². The third-order valence-corrected chi connectivity index (χ3v) is 1.64. The molecule has 0 saturated carbocycles. The van der Waals surface area contributed by atoms with E-state index in [-0.39, 0.29) is 6.04 Å². The predicted octanol–water partition coefficient (Wildman–Crippen LogP) is 1.32. The maximum absolute atomic E-state index is 5.68. The fourth-order valence-corrected chi connectivity index (χ4v) is 1.00. The number of hydrogen-bond acceptors (Lipinski definition) is 2. The fraction of sp³-hybridized carbons (Fsp3) is 0.273. The normalized spacial score (nSPS) is 11.2. The summed E-state index contributed by atoms with van der Waals surface area (Å²) in [5, 5.41) is 0. The molecule has 4 N–H and O–H groups in total. The van der Waals surface area contributed by atoms with Crippen LogP contribution in [-0.2, 0) is 6.42 Å². The summed E-state index contributed by atoms with van der Waals surface area (Å²) in [6, 6.07) is 10.2. The van der Waals surface area contributed by atoms with E-state index in [1.54, 1.807) is 0 Å². The highest BCUT2D eigenvalue weighted by Gasteiger charge is 1.99. The van der Waals surface area contributed by atoms with Gasteiger partial charge >= 0.3 is 0 Å². The van der Waals surface area contributed by atoms with Crippen LogP contribution in [0.4, 0.5) is 0 Å². The van der Waals surface area contributed by atoms with Crippen LogP contribution in [0.5, 0.6) is 0 Å². The molecule has 0 amide bonds. The van der Waals surface area contributed by atoms with Crippen molar-refractivity contribution < 1.29 is 0 Å². The second-order valence-electron chi connectivity index (χ2n) is 2.69. The Balaban J connectivity index is 0.000000671. The molecule has 0 spiro atoms. The first-order valence-corrected chi connectivity index (χ1v) is 4.32. The molecule has 2 heteroatoms. The Morgan fingerprint density at radius 1 is 1.15 bits per heavy atom. The van der Waals surface area contributed by atoms with E-state index in [9.17, 15) is 0 Å². The molecule has 2 nitrogen and oxygen atoms in total. The van der Waals surface area contributed by atoms with Gasteiger partial charge < -0.3 is 11.5 Å². The average molecular weight is 178 g/mol. The van der Waals surface area contributed by atoms with Crippen molar-refractivity contribution in [2.45, 2.75) is 12.5 Å². The molecule has 0 aromatic heterocycles. The van der Waals surface area contributed by atoms with Gasteiger partial charge in [0.25, 0.3) is 0 Å². The van der Waals surface area contributed by atoms with Gasteiger partial charge in [0.1, 0.15) is 0 Å². The van der Waals surface area contributed by atoms with E-state index in [1.807, 2.05) is 18.2 Å². The highest BCUT2D eigenvalue weighted by molar-refractivity contribution is 5.15. The molecule has 0 radical (unpaired) electrons.